The molecule has 11 aromatic rings. The molecule has 1 aliphatic carbocycles. The maximum Gasteiger partial charge on any atom is 0.144 e. The summed E-state index contributed by atoms with van der Waals surface area (Å²) < 4.78 is 7.00. The number of hydrogen-bond donors (Lipinski definition) is 0. The van der Waals surface area contributed by atoms with Gasteiger partial charge in [-0.2, -0.15) is 0 Å². The molecule has 12 rings (SSSR count). The van der Waals surface area contributed by atoms with Gasteiger partial charge in [0.25, 0.3) is 0 Å². The second-order valence-corrected chi connectivity index (χ2v) is 15.3. The number of para-hydroxylation sites is 1. The van der Waals surface area contributed by atoms with Crippen LogP contribution >= 0.6 is 0 Å². The van der Waals surface area contributed by atoms with Gasteiger partial charge in [0.15, 0.2) is 0 Å². The van der Waals surface area contributed by atoms with Gasteiger partial charge in [0.2, 0.25) is 0 Å². The van der Waals surface area contributed by atoms with E-state index in [0.717, 1.165) is 82.8 Å². The summed E-state index contributed by atoms with van der Waals surface area (Å²) in [6, 6.07) is 71.7. The van der Waals surface area contributed by atoms with E-state index in [-0.39, 0.29) is 0 Å². The van der Waals surface area contributed by atoms with Gasteiger partial charge in [-0.25, -0.2) is 4.98 Å². The van der Waals surface area contributed by atoms with Crippen LogP contribution in [0.3, 0.4) is 0 Å². The van der Waals surface area contributed by atoms with Crippen LogP contribution in [0.4, 0.5) is 0 Å². The summed E-state index contributed by atoms with van der Waals surface area (Å²) in [6.45, 7) is 0. The Labute approximate surface area is 335 Å². The van der Waals surface area contributed by atoms with E-state index >= 15 is 0 Å². The minimum atomic E-state index is -0.567. The van der Waals surface area contributed by atoms with Crippen LogP contribution < -0.4 is 0 Å². The Kier molecular flexibility index (Phi) is 7.14. The van der Waals surface area contributed by atoms with Gasteiger partial charge in [0, 0.05) is 44.4 Å². The number of aromatic nitrogens is 2. The van der Waals surface area contributed by atoms with Crippen LogP contribution in [0, 0.1) is 0 Å². The van der Waals surface area contributed by atoms with Gasteiger partial charge < -0.3 is 4.42 Å². The molecule has 0 N–H and O–H groups in total. The van der Waals surface area contributed by atoms with E-state index in [1.165, 1.54) is 27.8 Å². The van der Waals surface area contributed by atoms with Gasteiger partial charge in [0.1, 0.15) is 11.2 Å². The zero-order valence-corrected chi connectivity index (χ0v) is 31.4. The number of furan rings is 1. The molecular formula is C55H34N2O. The molecular weight excluding hydrogens is 705 g/mol. The Balaban J connectivity index is 1.10. The maximum atomic E-state index is 7.00. The Morgan fingerprint density at radius 3 is 1.90 bits per heavy atom. The van der Waals surface area contributed by atoms with Crippen molar-refractivity contribution in [3.63, 3.8) is 0 Å². The first-order chi connectivity index (χ1) is 28.8. The van der Waals surface area contributed by atoms with E-state index in [2.05, 4.69) is 194 Å². The third kappa shape index (κ3) is 4.74. The van der Waals surface area contributed by atoms with Gasteiger partial charge in [-0.1, -0.05) is 170 Å². The highest BCUT2D eigenvalue weighted by Gasteiger charge is 2.47. The normalized spacial score (nSPS) is 13.0. The minimum Gasteiger partial charge on any atom is -0.455 e. The molecule has 3 heteroatoms. The number of rotatable bonds is 5. The van der Waals surface area contributed by atoms with E-state index in [1.807, 2.05) is 12.3 Å². The molecule has 3 heterocycles. The highest BCUT2D eigenvalue weighted by molar-refractivity contribution is 6.18. The van der Waals surface area contributed by atoms with E-state index in [4.69, 9.17) is 14.4 Å². The fourth-order valence-electron chi connectivity index (χ4n) is 9.60. The predicted octanol–water partition coefficient (Wildman–Crippen LogP) is 14.0. The lowest BCUT2D eigenvalue weighted by Crippen LogP contribution is -2.28. The lowest BCUT2D eigenvalue weighted by Gasteiger charge is -2.34. The second kappa shape index (κ2) is 12.7. The van der Waals surface area contributed by atoms with Gasteiger partial charge in [0.05, 0.1) is 22.1 Å². The van der Waals surface area contributed by atoms with Gasteiger partial charge in [-0.15, -0.1) is 0 Å². The lowest BCUT2D eigenvalue weighted by molar-refractivity contribution is 0.669. The molecule has 0 amide bonds. The summed E-state index contributed by atoms with van der Waals surface area (Å²) in [6.07, 6.45) is 1.96. The Morgan fingerprint density at radius 1 is 0.431 bits per heavy atom. The zero-order chi connectivity index (χ0) is 38.2. The molecule has 0 bridgehead atoms. The fourth-order valence-corrected chi connectivity index (χ4v) is 9.60. The second-order valence-electron chi connectivity index (χ2n) is 15.3. The Hall–Kier alpha value is -7.62. The fraction of sp³-hybridized carbons (Fsp3) is 0.0182. The first-order valence-corrected chi connectivity index (χ1v) is 19.8. The molecule has 270 valence electrons. The quantitative estimate of drug-likeness (QED) is 0.165. The van der Waals surface area contributed by atoms with Crippen molar-refractivity contribution >= 4 is 43.7 Å². The van der Waals surface area contributed by atoms with E-state index in [1.54, 1.807) is 0 Å². The van der Waals surface area contributed by atoms with Crippen LogP contribution in [0.1, 0.15) is 22.3 Å². The third-order valence-electron chi connectivity index (χ3n) is 12.2. The number of nitrogens with zero attached hydrogens (tertiary/aromatic N) is 2. The molecule has 0 radical (unpaired) electrons. The molecule has 3 aromatic heterocycles. The molecule has 1 aliphatic rings. The minimum absolute atomic E-state index is 0.567. The van der Waals surface area contributed by atoms with Crippen molar-refractivity contribution in [2.75, 3.05) is 0 Å². The van der Waals surface area contributed by atoms with E-state index in [0.29, 0.717) is 0 Å². The maximum absolute atomic E-state index is 7.00. The van der Waals surface area contributed by atoms with Crippen molar-refractivity contribution in [3.05, 3.63) is 229 Å². The summed E-state index contributed by atoms with van der Waals surface area (Å²) in [5.41, 5.74) is 16.7. The first-order valence-electron chi connectivity index (χ1n) is 19.8. The molecule has 0 aliphatic heterocycles. The van der Waals surface area contributed by atoms with Crippen molar-refractivity contribution in [2.24, 2.45) is 0 Å². The number of benzene rings is 8. The molecule has 8 aromatic carbocycles. The summed E-state index contributed by atoms with van der Waals surface area (Å²) in [5.74, 6) is 0. The van der Waals surface area contributed by atoms with Gasteiger partial charge >= 0.3 is 0 Å². The largest absolute Gasteiger partial charge is 0.455 e. The molecule has 0 spiro atoms. The standard InChI is InChI=1S/C55H34N2O/c1-4-15-35(16-5-1)40-32-39-28-27-36-29-30-48(57-53(36)52(39)56-34-40)38-18-14-17-37(31-38)45-33-47-51(54-50(45)44-24-11-13-26-49(44)58-54)43-23-10-12-25-46(43)55(47,41-19-6-2-7-20-41)42-21-8-3-9-22-42/h1-34H. The van der Waals surface area contributed by atoms with Crippen molar-refractivity contribution in [1.82, 2.24) is 9.97 Å². The summed E-state index contributed by atoms with van der Waals surface area (Å²) in [7, 11) is 0. The molecule has 0 fully saturated rings. The first kappa shape index (κ1) is 32.6. The number of pyridine rings is 2. The molecule has 0 saturated carbocycles. The highest BCUT2D eigenvalue weighted by atomic mass is 16.3. The Morgan fingerprint density at radius 2 is 1.09 bits per heavy atom. The summed E-state index contributed by atoms with van der Waals surface area (Å²) >= 11 is 0. The van der Waals surface area contributed by atoms with Crippen LogP contribution in [0.15, 0.2) is 211 Å². The topological polar surface area (TPSA) is 38.9 Å². The van der Waals surface area contributed by atoms with E-state index < -0.39 is 5.41 Å². The Bertz CT molecular complexity index is 3350. The van der Waals surface area contributed by atoms with Gasteiger partial charge in [-0.05, 0) is 74.8 Å². The van der Waals surface area contributed by atoms with Gasteiger partial charge in [-0.3, -0.25) is 4.98 Å². The molecule has 3 nitrogen and oxygen atoms in total. The van der Waals surface area contributed by atoms with Crippen molar-refractivity contribution in [3.8, 4) is 44.6 Å². The predicted molar refractivity (Wildman–Crippen MR) is 238 cm³/mol. The van der Waals surface area contributed by atoms with Crippen molar-refractivity contribution < 1.29 is 4.42 Å². The zero-order valence-electron chi connectivity index (χ0n) is 31.4. The summed E-state index contributed by atoms with van der Waals surface area (Å²) in [5, 5.41) is 4.36. The van der Waals surface area contributed by atoms with E-state index in [9.17, 15) is 0 Å². The van der Waals surface area contributed by atoms with Crippen molar-refractivity contribution in [2.45, 2.75) is 5.41 Å². The average Bonchev–Trinajstić information content (AvgIpc) is 3.84. The summed E-state index contributed by atoms with van der Waals surface area (Å²) in [4.78, 5) is 10.3. The third-order valence-corrected chi connectivity index (χ3v) is 12.2. The number of fused-ring (bicyclic) bond motifs is 10. The van der Waals surface area contributed by atoms with Crippen LogP contribution in [-0.4, -0.2) is 9.97 Å². The van der Waals surface area contributed by atoms with Crippen LogP contribution in [0.2, 0.25) is 0 Å². The molecule has 0 saturated heterocycles. The highest BCUT2D eigenvalue weighted by Crippen LogP contribution is 2.60. The monoisotopic (exact) mass is 738 g/mol. The molecule has 0 atom stereocenters. The molecule has 0 unspecified atom stereocenters. The van der Waals surface area contributed by atoms with Crippen LogP contribution in [0.5, 0.6) is 0 Å². The smallest absolute Gasteiger partial charge is 0.144 e. The number of hydrogen-bond acceptors (Lipinski definition) is 3. The van der Waals surface area contributed by atoms with Crippen LogP contribution in [-0.2, 0) is 5.41 Å². The van der Waals surface area contributed by atoms with Crippen LogP contribution in [0.25, 0.3) is 88.4 Å². The molecule has 58 heavy (non-hydrogen) atoms. The lowest BCUT2D eigenvalue weighted by atomic mass is 9.67. The van der Waals surface area contributed by atoms with Crippen molar-refractivity contribution in [1.29, 1.82) is 0 Å². The SMILES string of the molecule is c1ccc(-c2cnc3c(ccc4ccc(-c5cccc(-c6cc7c(c8oc9ccccc9c68)-c6ccccc6C7(c6ccccc6)c6ccccc6)c5)nc43)c2)cc1. The average molecular weight is 739 g/mol.